The first-order valence-electron chi connectivity index (χ1n) is 3.33. The largest absolute Gasteiger partial charge is 0.100 e. The van der Waals surface area contributed by atoms with Crippen molar-refractivity contribution in [1.29, 1.82) is 0 Å². The lowest BCUT2D eigenvalue weighted by atomic mass is 10.4. The van der Waals surface area contributed by atoms with Crippen LogP contribution in [0.5, 0.6) is 0 Å². The van der Waals surface area contributed by atoms with Crippen molar-refractivity contribution in [3.8, 4) is 0 Å². The Morgan fingerprint density at radius 1 is 1.62 bits per heavy atom. The third kappa shape index (κ3) is 4.12. The Balaban J connectivity index is 2.98. The predicted octanol–water partition coefficient (Wildman–Crippen LogP) is 2.17. The Bertz CT molecular complexity index is 59.4. The van der Waals surface area contributed by atoms with Gasteiger partial charge in [0.15, 0.2) is 0 Å². The molecular formula is C7H15Si. The van der Waals surface area contributed by atoms with Gasteiger partial charge in [0.1, 0.15) is 0 Å². The summed E-state index contributed by atoms with van der Waals surface area (Å²) in [6.45, 7) is 8.17. The monoisotopic (exact) mass is 127 g/mol. The first kappa shape index (κ1) is 7.96. The van der Waals surface area contributed by atoms with E-state index in [1.165, 1.54) is 18.9 Å². The molecule has 0 aromatic heterocycles. The molecule has 0 rings (SSSR count). The molecular weight excluding hydrogens is 112 g/mol. The van der Waals surface area contributed by atoms with Crippen LogP contribution in [-0.4, -0.2) is 8.80 Å². The summed E-state index contributed by atoms with van der Waals surface area (Å²) < 4.78 is 0. The molecule has 0 aliphatic rings. The molecule has 0 amide bonds. The summed E-state index contributed by atoms with van der Waals surface area (Å²) in [5, 5.41) is 0. The van der Waals surface area contributed by atoms with Gasteiger partial charge in [-0.2, -0.15) is 0 Å². The van der Waals surface area contributed by atoms with E-state index < -0.39 is 8.80 Å². The van der Waals surface area contributed by atoms with E-state index in [0.29, 0.717) is 0 Å². The topological polar surface area (TPSA) is 0 Å². The molecule has 0 bridgehead atoms. The molecule has 0 aromatic carbocycles. The Labute approximate surface area is 54.2 Å². The molecule has 0 aliphatic heterocycles. The fourth-order valence-corrected chi connectivity index (χ4v) is 1.84. The molecule has 0 saturated carbocycles. The number of unbranched alkanes of at least 4 members (excludes halogenated alkanes) is 1. The molecule has 47 valence electrons. The van der Waals surface area contributed by atoms with Gasteiger partial charge in [-0.1, -0.05) is 38.1 Å². The normalized spacial score (nSPS) is 13.2. The van der Waals surface area contributed by atoms with Gasteiger partial charge in [-0.3, -0.25) is 0 Å². The van der Waals surface area contributed by atoms with Crippen molar-refractivity contribution in [3.63, 3.8) is 0 Å². The van der Waals surface area contributed by atoms with Gasteiger partial charge in [0.25, 0.3) is 0 Å². The Kier molecular flexibility index (Phi) is 5.07. The first-order valence-corrected chi connectivity index (χ1v) is 5.88. The average Bonchev–Trinajstić information content (AvgIpc) is 1.83. The summed E-state index contributed by atoms with van der Waals surface area (Å²) in [6, 6.07) is 1.39. The molecule has 1 unspecified atom stereocenters. The minimum Gasteiger partial charge on any atom is -0.100 e. The van der Waals surface area contributed by atoms with Crippen LogP contribution in [0.2, 0.25) is 12.6 Å². The van der Waals surface area contributed by atoms with E-state index >= 15 is 0 Å². The first-order chi connectivity index (χ1) is 3.81. The predicted molar refractivity (Wildman–Crippen MR) is 41.6 cm³/mol. The Morgan fingerprint density at radius 3 is 2.62 bits per heavy atom. The smallest absolute Gasteiger partial charge is 0.0668 e. The van der Waals surface area contributed by atoms with Gasteiger partial charge in [-0.05, 0) is 0 Å². The van der Waals surface area contributed by atoms with Crippen LogP contribution in [0.4, 0.5) is 0 Å². The second-order valence-electron chi connectivity index (χ2n) is 2.25. The van der Waals surface area contributed by atoms with Crippen molar-refractivity contribution >= 4 is 8.80 Å². The highest BCUT2D eigenvalue weighted by atomic mass is 28.3. The molecule has 8 heavy (non-hydrogen) atoms. The van der Waals surface area contributed by atoms with Crippen LogP contribution in [-0.2, 0) is 0 Å². The lowest BCUT2D eigenvalue weighted by Crippen LogP contribution is -2.00. The molecule has 0 aromatic rings. The molecule has 0 saturated heterocycles. The van der Waals surface area contributed by atoms with Crippen molar-refractivity contribution in [1.82, 2.24) is 0 Å². The number of rotatable bonds is 4. The quantitative estimate of drug-likeness (QED) is 0.508. The molecule has 0 aliphatic carbocycles. The van der Waals surface area contributed by atoms with E-state index in [0.717, 1.165) is 0 Å². The van der Waals surface area contributed by atoms with E-state index in [4.69, 9.17) is 0 Å². The van der Waals surface area contributed by atoms with Crippen LogP contribution in [0.3, 0.4) is 0 Å². The van der Waals surface area contributed by atoms with Gasteiger partial charge < -0.3 is 0 Å². The number of hydrogen-bond donors (Lipinski definition) is 0. The van der Waals surface area contributed by atoms with Crippen LogP contribution < -0.4 is 0 Å². The lowest BCUT2D eigenvalue weighted by Gasteiger charge is -1.98. The van der Waals surface area contributed by atoms with Crippen LogP contribution in [0, 0.1) is 5.70 Å². The van der Waals surface area contributed by atoms with Crippen molar-refractivity contribution < 1.29 is 0 Å². The number of hydrogen-bond acceptors (Lipinski definition) is 0. The molecule has 0 fully saturated rings. The Morgan fingerprint density at radius 2 is 2.25 bits per heavy atom. The molecule has 0 N–H and O–H groups in total. The van der Waals surface area contributed by atoms with Crippen molar-refractivity contribution in [2.45, 2.75) is 32.4 Å². The van der Waals surface area contributed by atoms with E-state index in [2.05, 4.69) is 25.7 Å². The fraction of sp³-hybridized carbons (Fsp3) is 0.714. The standard InChI is InChI=1S/C7H15Si/c1-4-6-7-8(3)5-2/h8H,2,4,6-7H2,1,3H3. The summed E-state index contributed by atoms with van der Waals surface area (Å²) >= 11 is 0. The average molecular weight is 127 g/mol. The highest BCUT2D eigenvalue weighted by molar-refractivity contribution is 6.60. The van der Waals surface area contributed by atoms with E-state index in [-0.39, 0.29) is 0 Å². The van der Waals surface area contributed by atoms with Gasteiger partial charge in [0.2, 0.25) is 0 Å². The summed E-state index contributed by atoms with van der Waals surface area (Å²) in [7, 11) is -0.560. The lowest BCUT2D eigenvalue weighted by molar-refractivity contribution is 0.876. The summed E-state index contributed by atoms with van der Waals surface area (Å²) in [5.74, 6) is 0. The highest BCUT2D eigenvalue weighted by Gasteiger charge is 1.94. The summed E-state index contributed by atoms with van der Waals surface area (Å²) in [4.78, 5) is 0. The maximum atomic E-state index is 3.65. The summed E-state index contributed by atoms with van der Waals surface area (Å²) in [5.41, 5.74) is 3.09. The van der Waals surface area contributed by atoms with Crippen molar-refractivity contribution in [2.75, 3.05) is 0 Å². The maximum absolute atomic E-state index is 3.65. The fourth-order valence-electron chi connectivity index (χ4n) is 0.612. The zero-order valence-corrected chi connectivity index (χ0v) is 7.06. The van der Waals surface area contributed by atoms with E-state index in [1.807, 2.05) is 0 Å². The van der Waals surface area contributed by atoms with Crippen LogP contribution >= 0.6 is 0 Å². The van der Waals surface area contributed by atoms with Gasteiger partial charge in [-0.15, -0.1) is 6.58 Å². The second-order valence-corrected chi connectivity index (χ2v) is 5.04. The zero-order valence-electron chi connectivity index (χ0n) is 5.91. The van der Waals surface area contributed by atoms with Crippen LogP contribution in [0.25, 0.3) is 0 Å². The third-order valence-electron chi connectivity index (χ3n) is 1.34. The maximum Gasteiger partial charge on any atom is 0.0668 e. The molecule has 0 heterocycles. The summed E-state index contributed by atoms with van der Waals surface area (Å²) in [6.07, 6.45) is 2.69. The molecule has 0 nitrogen and oxygen atoms in total. The van der Waals surface area contributed by atoms with Gasteiger partial charge in [-0.25, -0.2) is 0 Å². The molecule has 1 atom stereocenters. The Hall–Kier alpha value is -0.0431. The van der Waals surface area contributed by atoms with E-state index in [9.17, 15) is 0 Å². The van der Waals surface area contributed by atoms with Gasteiger partial charge >= 0.3 is 0 Å². The molecule has 1 radical (unpaired) electrons. The van der Waals surface area contributed by atoms with Crippen LogP contribution in [0.15, 0.2) is 6.58 Å². The molecule has 0 spiro atoms. The SMILES string of the molecule is C=[C][SiH](C)CCCC. The highest BCUT2D eigenvalue weighted by Crippen LogP contribution is 1.99. The minimum atomic E-state index is -0.560. The third-order valence-corrected chi connectivity index (χ3v) is 3.31. The second kappa shape index (κ2) is 5.10. The van der Waals surface area contributed by atoms with Crippen LogP contribution in [0.1, 0.15) is 19.8 Å². The minimum absolute atomic E-state index is 0.560. The van der Waals surface area contributed by atoms with Crippen molar-refractivity contribution in [2.24, 2.45) is 0 Å². The molecule has 1 heteroatoms. The van der Waals surface area contributed by atoms with Crippen molar-refractivity contribution in [3.05, 3.63) is 12.3 Å². The van der Waals surface area contributed by atoms with E-state index in [1.54, 1.807) is 0 Å². The zero-order chi connectivity index (χ0) is 6.41. The van der Waals surface area contributed by atoms with Gasteiger partial charge in [0.05, 0.1) is 8.80 Å². The van der Waals surface area contributed by atoms with Gasteiger partial charge in [0, 0.05) is 0 Å².